The normalized spacial score (nSPS) is 19.6. The molecular weight excluding hydrogens is 230 g/mol. The van der Waals surface area contributed by atoms with Gasteiger partial charge in [0.05, 0.1) is 25.4 Å². The highest BCUT2D eigenvalue weighted by molar-refractivity contribution is 5.97. The second-order valence-electron chi connectivity index (χ2n) is 4.49. The lowest BCUT2D eigenvalue weighted by molar-refractivity contribution is 0.0292. The number of ether oxygens (including phenoxy) is 2. The highest BCUT2D eigenvalue weighted by Gasteiger charge is 2.15. The number of rotatable bonds is 4. The van der Waals surface area contributed by atoms with Gasteiger partial charge >= 0.3 is 0 Å². The van der Waals surface area contributed by atoms with Crippen molar-refractivity contribution in [2.24, 2.45) is 0 Å². The number of Topliss-reactive ketones (excluding diaryl/α,β-unsaturated/α-hetero) is 1. The van der Waals surface area contributed by atoms with E-state index >= 15 is 0 Å². The van der Waals surface area contributed by atoms with E-state index < -0.39 is 0 Å². The highest BCUT2D eigenvalue weighted by atomic mass is 16.5. The fourth-order valence-corrected chi connectivity index (χ4v) is 2.17. The minimum absolute atomic E-state index is 0.0244. The summed E-state index contributed by atoms with van der Waals surface area (Å²) >= 11 is 0. The van der Waals surface area contributed by atoms with E-state index in [2.05, 4.69) is 5.32 Å². The zero-order chi connectivity index (χ0) is 13.0. The van der Waals surface area contributed by atoms with Crippen molar-refractivity contribution in [3.63, 3.8) is 0 Å². The van der Waals surface area contributed by atoms with Crippen LogP contribution in [-0.4, -0.2) is 38.7 Å². The van der Waals surface area contributed by atoms with Gasteiger partial charge in [-0.2, -0.15) is 0 Å². The van der Waals surface area contributed by atoms with Gasteiger partial charge in [-0.3, -0.25) is 4.79 Å². The van der Waals surface area contributed by atoms with Crippen LogP contribution in [-0.2, 0) is 11.2 Å². The second kappa shape index (κ2) is 5.98. The van der Waals surface area contributed by atoms with E-state index in [1.165, 1.54) is 0 Å². The summed E-state index contributed by atoms with van der Waals surface area (Å²) in [5.74, 6) is 0.658. The minimum atomic E-state index is 0.0244. The van der Waals surface area contributed by atoms with Gasteiger partial charge in [0, 0.05) is 13.1 Å². The number of benzene rings is 1. The molecule has 0 amide bonds. The third-order valence-electron chi connectivity index (χ3n) is 3.11. The summed E-state index contributed by atoms with van der Waals surface area (Å²) in [7, 11) is 1.58. The number of carbonyl (C=O) groups is 1. The van der Waals surface area contributed by atoms with Crippen LogP contribution in [0.3, 0.4) is 0 Å². The molecule has 0 radical (unpaired) electrons. The topological polar surface area (TPSA) is 47.6 Å². The molecule has 1 aliphatic heterocycles. The summed E-state index contributed by atoms with van der Waals surface area (Å²) in [6.45, 7) is 4.08. The maximum Gasteiger partial charge on any atom is 0.163 e. The molecule has 1 atom stereocenters. The van der Waals surface area contributed by atoms with Crippen LogP contribution in [0.5, 0.6) is 5.75 Å². The summed E-state index contributed by atoms with van der Waals surface area (Å²) in [5, 5.41) is 3.30. The molecule has 2 rings (SSSR count). The van der Waals surface area contributed by atoms with Crippen LogP contribution in [0.15, 0.2) is 18.2 Å². The lowest BCUT2D eigenvalue weighted by atomic mass is 10.0. The van der Waals surface area contributed by atoms with Gasteiger partial charge < -0.3 is 14.8 Å². The first-order valence-corrected chi connectivity index (χ1v) is 6.21. The van der Waals surface area contributed by atoms with Gasteiger partial charge in [0.15, 0.2) is 5.78 Å². The highest BCUT2D eigenvalue weighted by Crippen LogP contribution is 2.21. The Morgan fingerprint density at radius 2 is 2.39 bits per heavy atom. The number of ketones is 1. The lowest BCUT2D eigenvalue weighted by Gasteiger charge is -2.23. The van der Waals surface area contributed by atoms with Crippen molar-refractivity contribution in [2.75, 3.05) is 26.8 Å². The van der Waals surface area contributed by atoms with Gasteiger partial charge in [-0.25, -0.2) is 0 Å². The molecule has 98 valence electrons. The van der Waals surface area contributed by atoms with Gasteiger partial charge in [0.1, 0.15) is 5.75 Å². The van der Waals surface area contributed by atoms with Gasteiger partial charge in [-0.15, -0.1) is 0 Å². The van der Waals surface area contributed by atoms with Crippen LogP contribution in [0.25, 0.3) is 0 Å². The van der Waals surface area contributed by atoms with E-state index in [0.29, 0.717) is 11.3 Å². The quantitative estimate of drug-likeness (QED) is 0.820. The Morgan fingerprint density at radius 3 is 3.00 bits per heavy atom. The molecule has 0 bridgehead atoms. The van der Waals surface area contributed by atoms with Crippen LogP contribution in [0.4, 0.5) is 0 Å². The van der Waals surface area contributed by atoms with Crippen molar-refractivity contribution in [1.29, 1.82) is 0 Å². The summed E-state index contributed by atoms with van der Waals surface area (Å²) in [4.78, 5) is 11.5. The van der Waals surface area contributed by atoms with E-state index in [9.17, 15) is 4.79 Å². The van der Waals surface area contributed by atoms with Crippen molar-refractivity contribution in [3.05, 3.63) is 29.3 Å². The lowest BCUT2D eigenvalue weighted by Crippen LogP contribution is -2.39. The molecular formula is C14H19NO3. The van der Waals surface area contributed by atoms with Gasteiger partial charge in [0.2, 0.25) is 0 Å². The van der Waals surface area contributed by atoms with Gasteiger partial charge in [-0.05, 0) is 31.0 Å². The minimum Gasteiger partial charge on any atom is -0.496 e. The van der Waals surface area contributed by atoms with Crippen molar-refractivity contribution in [1.82, 2.24) is 5.32 Å². The van der Waals surface area contributed by atoms with E-state index in [0.717, 1.165) is 31.7 Å². The first-order chi connectivity index (χ1) is 8.70. The van der Waals surface area contributed by atoms with Crippen LogP contribution in [0.1, 0.15) is 22.8 Å². The maximum absolute atomic E-state index is 11.5. The summed E-state index contributed by atoms with van der Waals surface area (Å²) in [5.41, 5.74) is 1.74. The van der Waals surface area contributed by atoms with Crippen LogP contribution in [0, 0.1) is 0 Å². The Hall–Kier alpha value is -1.39. The first-order valence-electron chi connectivity index (χ1n) is 6.21. The number of methoxy groups -OCH3 is 1. The molecule has 18 heavy (non-hydrogen) atoms. The maximum atomic E-state index is 11.5. The van der Waals surface area contributed by atoms with Gasteiger partial charge in [0.25, 0.3) is 0 Å². The molecule has 0 saturated carbocycles. The smallest absolute Gasteiger partial charge is 0.163 e. The number of hydrogen-bond donors (Lipinski definition) is 1. The van der Waals surface area contributed by atoms with Gasteiger partial charge in [-0.1, -0.05) is 6.07 Å². The third kappa shape index (κ3) is 3.09. The van der Waals surface area contributed by atoms with Crippen molar-refractivity contribution >= 4 is 5.78 Å². The van der Waals surface area contributed by atoms with Crippen LogP contribution in [0.2, 0.25) is 0 Å². The largest absolute Gasteiger partial charge is 0.496 e. The molecule has 4 heteroatoms. The van der Waals surface area contributed by atoms with Crippen molar-refractivity contribution < 1.29 is 14.3 Å². The fourth-order valence-electron chi connectivity index (χ4n) is 2.17. The summed E-state index contributed by atoms with van der Waals surface area (Å²) in [6.07, 6.45) is 1.00. The Bertz CT molecular complexity index is 425. The Balaban J connectivity index is 2.13. The van der Waals surface area contributed by atoms with E-state index in [4.69, 9.17) is 9.47 Å². The van der Waals surface area contributed by atoms with E-state index in [-0.39, 0.29) is 11.9 Å². The Labute approximate surface area is 107 Å². The second-order valence-corrected chi connectivity index (χ2v) is 4.49. The molecule has 1 aromatic rings. The van der Waals surface area contributed by atoms with Crippen molar-refractivity contribution in [2.45, 2.75) is 19.4 Å². The average Bonchev–Trinajstić information content (AvgIpc) is 2.40. The summed E-state index contributed by atoms with van der Waals surface area (Å²) in [6, 6.07) is 5.74. The molecule has 1 aromatic carbocycles. The first kappa shape index (κ1) is 13.1. The van der Waals surface area contributed by atoms with Crippen LogP contribution >= 0.6 is 0 Å². The third-order valence-corrected chi connectivity index (χ3v) is 3.11. The standard InChI is InChI=1S/C14H19NO3/c1-10(16)13-8-11(3-4-14(13)17-2)7-12-9-15-5-6-18-12/h3-4,8,12,15H,5-7,9H2,1-2H3/t12-/m1/s1. The Kier molecular flexibility index (Phi) is 4.33. The molecule has 0 aliphatic carbocycles. The molecule has 1 aliphatic rings. The molecule has 1 N–H and O–H groups in total. The van der Waals surface area contributed by atoms with Crippen molar-refractivity contribution in [3.8, 4) is 5.75 Å². The Morgan fingerprint density at radius 1 is 1.56 bits per heavy atom. The molecule has 1 saturated heterocycles. The number of morpholine rings is 1. The summed E-state index contributed by atoms with van der Waals surface area (Å²) < 4.78 is 10.8. The predicted octanol–water partition coefficient (Wildman–Crippen LogP) is 1.43. The number of nitrogens with one attached hydrogen (secondary N) is 1. The van der Waals surface area contributed by atoms with E-state index in [1.807, 2.05) is 18.2 Å². The number of carbonyl (C=O) groups excluding carboxylic acids is 1. The molecule has 4 nitrogen and oxygen atoms in total. The zero-order valence-electron chi connectivity index (χ0n) is 10.9. The molecule has 1 heterocycles. The monoisotopic (exact) mass is 249 g/mol. The number of hydrogen-bond acceptors (Lipinski definition) is 4. The van der Waals surface area contributed by atoms with E-state index in [1.54, 1.807) is 14.0 Å². The SMILES string of the molecule is COc1ccc(C[C@@H]2CNCCO2)cc1C(C)=O. The fraction of sp³-hybridized carbons (Fsp3) is 0.500. The van der Waals surface area contributed by atoms with Crippen LogP contribution < -0.4 is 10.1 Å². The molecule has 0 unspecified atom stereocenters. The molecule has 0 aromatic heterocycles. The molecule has 0 spiro atoms. The average molecular weight is 249 g/mol. The molecule has 1 fully saturated rings. The predicted molar refractivity (Wildman–Crippen MR) is 69.3 cm³/mol. The zero-order valence-corrected chi connectivity index (χ0v) is 10.9.